The van der Waals surface area contributed by atoms with E-state index in [1.165, 1.54) is 38.5 Å². The monoisotopic (exact) mass is 465 g/mol. The van der Waals surface area contributed by atoms with Gasteiger partial charge >= 0.3 is 0 Å². The van der Waals surface area contributed by atoms with E-state index in [4.69, 9.17) is 23.7 Å². The van der Waals surface area contributed by atoms with Crippen LogP contribution in [0.25, 0.3) is 0 Å². The van der Waals surface area contributed by atoms with Gasteiger partial charge in [-0.2, -0.15) is 0 Å². The van der Waals surface area contributed by atoms with E-state index >= 15 is 0 Å². The van der Waals surface area contributed by atoms with Crippen molar-refractivity contribution in [1.29, 1.82) is 0 Å². The van der Waals surface area contributed by atoms with Crippen LogP contribution < -0.4 is 5.32 Å². The Labute approximate surface area is 198 Å². The molecule has 33 heavy (non-hydrogen) atoms. The molecule has 0 unspecified atom stereocenters. The lowest BCUT2D eigenvalue weighted by atomic mass is 9.94. The lowest BCUT2D eigenvalue weighted by molar-refractivity contribution is -0.247. The van der Waals surface area contributed by atoms with E-state index in [-0.39, 0.29) is 18.1 Å². The number of nitrogens with one attached hydrogen (secondary N) is 1. The first-order valence-electron chi connectivity index (χ1n) is 13.8. The molecule has 188 valence electrons. The van der Waals surface area contributed by atoms with E-state index in [0.29, 0.717) is 6.54 Å². The maximum absolute atomic E-state index is 13.2. The quantitative estimate of drug-likeness (QED) is 0.524. The third kappa shape index (κ3) is 5.13. The van der Waals surface area contributed by atoms with Crippen molar-refractivity contribution < 1.29 is 28.5 Å². The van der Waals surface area contributed by atoms with Crippen LogP contribution >= 0.6 is 0 Å². The summed E-state index contributed by atoms with van der Waals surface area (Å²) in [4.78, 5) is 13.2. The summed E-state index contributed by atoms with van der Waals surface area (Å²) < 4.78 is 32.4. The molecule has 5 fully saturated rings. The van der Waals surface area contributed by atoms with Crippen LogP contribution in [0.5, 0.6) is 0 Å². The molecule has 2 aliphatic carbocycles. The van der Waals surface area contributed by atoms with Gasteiger partial charge in [0.25, 0.3) is 5.91 Å². The molecule has 2 spiro atoms. The van der Waals surface area contributed by atoms with E-state index < -0.39 is 30.1 Å². The average Bonchev–Trinajstić information content (AvgIpc) is 3.36. The number of fused-ring (bicyclic) bond motifs is 3. The van der Waals surface area contributed by atoms with Gasteiger partial charge < -0.3 is 29.0 Å². The molecule has 3 saturated heterocycles. The highest BCUT2D eigenvalue weighted by Gasteiger charge is 2.65. The van der Waals surface area contributed by atoms with Crippen LogP contribution in [-0.4, -0.2) is 54.7 Å². The second-order valence-electron chi connectivity index (χ2n) is 10.8. The molecule has 3 heterocycles. The Hall–Kier alpha value is -0.730. The summed E-state index contributed by atoms with van der Waals surface area (Å²) in [6.07, 6.45) is 15.0. The molecule has 0 aromatic rings. The number of carbonyl (C=O) groups is 1. The predicted octanol–water partition coefficient (Wildman–Crippen LogP) is 4.71. The van der Waals surface area contributed by atoms with Crippen molar-refractivity contribution in [3.05, 3.63) is 0 Å². The second kappa shape index (κ2) is 10.5. The molecule has 3 aliphatic heterocycles. The standard InChI is InChI=1S/C26H43NO6/c1-2-3-4-5-6-13-18-27-23(28)21-19-20(31-25(30-19)14-9-7-10-15-25)22-24(29-21)33-26(32-22)16-11-8-12-17-26/h19-22,24H,2-18H2,1H3,(H,27,28)/t19-,20-,21+,22+,24+/m0/s1. The highest BCUT2D eigenvalue weighted by Crippen LogP contribution is 2.50. The average molecular weight is 466 g/mol. The molecule has 0 aromatic heterocycles. The fourth-order valence-electron chi connectivity index (χ4n) is 6.39. The van der Waals surface area contributed by atoms with E-state index in [1.807, 2.05) is 0 Å². The van der Waals surface area contributed by atoms with Crippen molar-refractivity contribution in [2.24, 2.45) is 0 Å². The second-order valence-corrected chi connectivity index (χ2v) is 10.8. The first-order chi connectivity index (χ1) is 16.1. The summed E-state index contributed by atoms with van der Waals surface area (Å²) in [7, 11) is 0. The summed E-state index contributed by atoms with van der Waals surface area (Å²) in [6.45, 7) is 2.90. The Balaban J connectivity index is 1.24. The van der Waals surface area contributed by atoms with Crippen LogP contribution in [0.4, 0.5) is 0 Å². The fraction of sp³-hybridized carbons (Fsp3) is 0.962. The Bertz CT molecular complexity index is 659. The third-order valence-electron chi connectivity index (χ3n) is 8.20. The van der Waals surface area contributed by atoms with Crippen LogP contribution in [0.3, 0.4) is 0 Å². The van der Waals surface area contributed by atoms with Crippen LogP contribution in [0.2, 0.25) is 0 Å². The van der Waals surface area contributed by atoms with Crippen LogP contribution in [-0.2, 0) is 28.5 Å². The minimum absolute atomic E-state index is 0.110. The number of carbonyl (C=O) groups excluding carboxylic acids is 1. The lowest BCUT2D eigenvalue weighted by Crippen LogP contribution is -2.59. The van der Waals surface area contributed by atoms with Gasteiger partial charge in [-0.05, 0) is 32.1 Å². The van der Waals surface area contributed by atoms with Crippen molar-refractivity contribution >= 4 is 5.91 Å². The minimum Gasteiger partial charge on any atom is -0.354 e. The third-order valence-corrected chi connectivity index (χ3v) is 8.20. The number of rotatable bonds is 8. The normalized spacial score (nSPS) is 36.6. The largest absolute Gasteiger partial charge is 0.354 e. The number of hydrogen-bond acceptors (Lipinski definition) is 6. The number of amides is 1. The van der Waals surface area contributed by atoms with E-state index in [0.717, 1.165) is 64.2 Å². The summed E-state index contributed by atoms with van der Waals surface area (Å²) in [5.74, 6) is -1.30. The van der Waals surface area contributed by atoms with Crippen molar-refractivity contribution in [2.45, 2.75) is 152 Å². The van der Waals surface area contributed by atoms with Gasteiger partial charge in [0.15, 0.2) is 24.0 Å². The van der Waals surface area contributed by atoms with Crippen molar-refractivity contribution in [2.75, 3.05) is 6.54 Å². The van der Waals surface area contributed by atoms with Crippen LogP contribution in [0, 0.1) is 0 Å². The van der Waals surface area contributed by atoms with Crippen molar-refractivity contribution in [3.63, 3.8) is 0 Å². The molecular weight excluding hydrogens is 422 g/mol. The van der Waals surface area contributed by atoms with Gasteiger partial charge in [-0.3, -0.25) is 4.79 Å². The number of hydrogen-bond donors (Lipinski definition) is 1. The molecule has 0 radical (unpaired) electrons. The Morgan fingerprint density at radius 3 is 2.00 bits per heavy atom. The summed E-state index contributed by atoms with van der Waals surface area (Å²) >= 11 is 0. The number of unbranched alkanes of at least 4 members (excludes halogenated alkanes) is 5. The van der Waals surface area contributed by atoms with Gasteiger partial charge in [-0.25, -0.2) is 0 Å². The highest BCUT2D eigenvalue weighted by atomic mass is 16.9. The molecule has 5 atom stereocenters. The molecule has 1 amide bonds. The van der Waals surface area contributed by atoms with E-state index in [1.54, 1.807) is 0 Å². The Morgan fingerprint density at radius 2 is 1.30 bits per heavy atom. The van der Waals surface area contributed by atoms with Gasteiger partial charge in [0, 0.05) is 32.2 Å². The van der Waals surface area contributed by atoms with E-state index in [9.17, 15) is 4.79 Å². The zero-order chi connectivity index (χ0) is 22.7. The molecule has 5 rings (SSSR count). The van der Waals surface area contributed by atoms with Gasteiger partial charge in [0.2, 0.25) is 0 Å². The molecule has 5 aliphatic rings. The minimum atomic E-state index is -0.722. The molecule has 0 aromatic carbocycles. The first-order valence-corrected chi connectivity index (χ1v) is 13.8. The maximum atomic E-state index is 13.2. The van der Waals surface area contributed by atoms with Crippen LogP contribution in [0.15, 0.2) is 0 Å². The molecule has 1 N–H and O–H groups in total. The lowest BCUT2D eigenvalue weighted by Gasteiger charge is -2.36. The zero-order valence-electron chi connectivity index (χ0n) is 20.4. The van der Waals surface area contributed by atoms with Crippen molar-refractivity contribution in [1.82, 2.24) is 5.32 Å². The Morgan fingerprint density at radius 1 is 0.727 bits per heavy atom. The molecule has 0 bridgehead atoms. The SMILES string of the molecule is CCCCCCCCNC(=O)[C@@H]1O[C@@H]2OC3(CCCCC3)O[C@@H]2[C@H]2OC3(CCCCC3)O[C@@H]21. The summed E-state index contributed by atoms with van der Waals surface area (Å²) in [5.41, 5.74) is 0. The molecule has 7 nitrogen and oxygen atoms in total. The Kier molecular flexibility index (Phi) is 7.62. The van der Waals surface area contributed by atoms with Gasteiger partial charge in [0.05, 0.1) is 0 Å². The summed E-state index contributed by atoms with van der Waals surface area (Å²) in [6, 6.07) is 0. The first kappa shape index (κ1) is 24.0. The topological polar surface area (TPSA) is 75.3 Å². The smallest absolute Gasteiger partial charge is 0.252 e. The van der Waals surface area contributed by atoms with E-state index in [2.05, 4.69) is 12.2 Å². The zero-order valence-corrected chi connectivity index (χ0v) is 20.4. The van der Waals surface area contributed by atoms with Crippen LogP contribution in [0.1, 0.15) is 110 Å². The molecule has 2 saturated carbocycles. The maximum Gasteiger partial charge on any atom is 0.252 e. The van der Waals surface area contributed by atoms with Gasteiger partial charge in [0.1, 0.15) is 18.3 Å². The number of ether oxygens (including phenoxy) is 5. The van der Waals surface area contributed by atoms with Gasteiger partial charge in [-0.15, -0.1) is 0 Å². The van der Waals surface area contributed by atoms with Crippen molar-refractivity contribution in [3.8, 4) is 0 Å². The molecule has 7 heteroatoms. The fourth-order valence-corrected chi connectivity index (χ4v) is 6.39. The molecular formula is C26H43NO6. The van der Waals surface area contributed by atoms with Gasteiger partial charge in [-0.1, -0.05) is 51.9 Å². The predicted molar refractivity (Wildman–Crippen MR) is 122 cm³/mol. The summed E-state index contributed by atoms with van der Waals surface area (Å²) in [5, 5.41) is 3.10. The highest BCUT2D eigenvalue weighted by molar-refractivity contribution is 5.81.